The summed E-state index contributed by atoms with van der Waals surface area (Å²) in [4.78, 5) is 11.9. The van der Waals surface area contributed by atoms with E-state index in [-0.39, 0.29) is 24.9 Å². The summed E-state index contributed by atoms with van der Waals surface area (Å²) >= 11 is 0. The van der Waals surface area contributed by atoms with E-state index in [1.54, 1.807) is 13.8 Å². The minimum Gasteiger partial charge on any atom is -0.309 e. The Kier molecular flexibility index (Phi) is 5.66. The lowest BCUT2D eigenvalue weighted by atomic mass is 10.1. The first-order valence-corrected chi connectivity index (χ1v) is 7.40. The van der Waals surface area contributed by atoms with Gasteiger partial charge in [0.05, 0.1) is 13.2 Å². The minimum absolute atomic E-state index is 0.162. The standard InChI is InChI=1S/C12H16FO4P/c1-3-16-18(15,17-4-2)9-12(14)10-6-5-7-11(13)8-10/h5-8H,3-4,9H2,1-2H3. The fraction of sp³-hybridized carbons (Fsp3) is 0.417. The number of ketones is 1. The highest BCUT2D eigenvalue weighted by atomic mass is 31.2. The maximum absolute atomic E-state index is 13.0. The van der Waals surface area contributed by atoms with Gasteiger partial charge in [-0.3, -0.25) is 9.36 Å². The van der Waals surface area contributed by atoms with Gasteiger partial charge in [0.15, 0.2) is 5.78 Å². The highest BCUT2D eigenvalue weighted by Gasteiger charge is 2.28. The summed E-state index contributed by atoms with van der Waals surface area (Å²) in [5, 5.41) is 0. The van der Waals surface area contributed by atoms with Crippen LogP contribution in [0.5, 0.6) is 0 Å². The van der Waals surface area contributed by atoms with E-state index in [2.05, 4.69) is 0 Å². The Morgan fingerprint density at radius 2 is 1.89 bits per heavy atom. The molecule has 1 aromatic carbocycles. The topological polar surface area (TPSA) is 52.6 Å². The van der Waals surface area contributed by atoms with Gasteiger partial charge < -0.3 is 9.05 Å². The molecular weight excluding hydrogens is 258 g/mol. The lowest BCUT2D eigenvalue weighted by Gasteiger charge is -2.16. The molecule has 0 bridgehead atoms. The maximum Gasteiger partial charge on any atom is 0.338 e. The van der Waals surface area contributed by atoms with E-state index in [1.807, 2.05) is 0 Å². The summed E-state index contributed by atoms with van der Waals surface area (Å²) in [5.41, 5.74) is 0.162. The van der Waals surface area contributed by atoms with E-state index in [0.717, 1.165) is 6.07 Å². The molecule has 1 aromatic rings. The van der Waals surface area contributed by atoms with Gasteiger partial charge in [-0.25, -0.2) is 4.39 Å². The molecule has 0 aromatic heterocycles. The number of hydrogen-bond acceptors (Lipinski definition) is 4. The van der Waals surface area contributed by atoms with Crippen LogP contribution in [0.4, 0.5) is 4.39 Å². The fourth-order valence-corrected chi connectivity index (χ4v) is 3.03. The summed E-state index contributed by atoms with van der Waals surface area (Å²) in [6, 6.07) is 5.23. The third-order valence-electron chi connectivity index (χ3n) is 2.14. The fourth-order valence-electron chi connectivity index (χ4n) is 1.45. The smallest absolute Gasteiger partial charge is 0.309 e. The van der Waals surface area contributed by atoms with Crippen molar-refractivity contribution in [3.05, 3.63) is 35.6 Å². The van der Waals surface area contributed by atoms with Gasteiger partial charge in [0.25, 0.3) is 0 Å². The van der Waals surface area contributed by atoms with E-state index in [4.69, 9.17) is 9.05 Å². The molecular formula is C12H16FO4P. The van der Waals surface area contributed by atoms with E-state index in [0.29, 0.717) is 0 Å². The van der Waals surface area contributed by atoms with Crippen molar-refractivity contribution in [2.45, 2.75) is 13.8 Å². The molecule has 0 spiro atoms. The van der Waals surface area contributed by atoms with E-state index in [1.165, 1.54) is 18.2 Å². The van der Waals surface area contributed by atoms with E-state index in [9.17, 15) is 13.8 Å². The first kappa shape index (κ1) is 15.0. The van der Waals surface area contributed by atoms with Gasteiger partial charge >= 0.3 is 7.60 Å². The van der Waals surface area contributed by atoms with Crippen LogP contribution in [-0.4, -0.2) is 25.2 Å². The van der Waals surface area contributed by atoms with Crippen LogP contribution in [0.1, 0.15) is 24.2 Å². The third-order valence-corrected chi connectivity index (χ3v) is 4.11. The first-order chi connectivity index (χ1) is 8.50. The predicted octanol–water partition coefficient (Wildman–Crippen LogP) is 3.27. The maximum atomic E-state index is 13.0. The first-order valence-electron chi connectivity index (χ1n) is 5.67. The van der Waals surface area contributed by atoms with Gasteiger partial charge in [-0.15, -0.1) is 0 Å². The number of benzene rings is 1. The second-order valence-corrected chi connectivity index (χ2v) is 5.59. The van der Waals surface area contributed by atoms with Gasteiger partial charge in [-0.1, -0.05) is 12.1 Å². The number of halogens is 1. The molecule has 4 nitrogen and oxygen atoms in total. The monoisotopic (exact) mass is 274 g/mol. The average molecular weight is 274 g/mol. The second kappa shape index (κ2) is 6.78. The summed E-state index contributed by atoms with van der Waals surface area (Å²) in [6.45, 7) is 3.71. The second-order valence-electron chi connectivity index (χ2n) is 3.54. The number of carbonyl (C=O) groups is 1. The van der Waals surface area contributed by atoms with Gasteiger partial charge in [-0.2, -0.15) is 0 Å². The zero-order valence-corrected chi connectivity index (χ0v) is 11.3. The number of hydrogen-bond donors (Lipinski definition) is 0. The number of rotatable bonds is 7. The van der Waals surface area contributed by atoms with Crippen LogP contribution in [0.15, 0.2) is 24.3 Å². The molecule has 18 heavy (non-hydrogen) atoms. The minimum atomic E-state index is -3.43. The van der Waals surface area contributed by atoms with Crippen molar-refractivity contribution in [2.24, 2.45) is 0 Å². The van der Waals surface area contributed by atoms with Crippen LogP contribution in [0.2, 0.25) is 0 Å². The molecule has 0 aliphatic carbocycles. The van der Waals surface area contributed by atoms with Crippen molar-refractivity contribution in [1.82, 2.24) is 0 Å². The summed E-state index contributed by atoms with van der Waals surface area (Å²) < 4.78 is 35.1. The molecule has 0 amide bonds. The Bertz CT molecular complexity index is 451. The SMILES string of the molecule is CCOP(=O)(CC(=O)c1cccc(F)c1)OCC. The molecule has 0 saturated carbocycles. The molecule has 0 N–H and O–H groups in total. The average Bonchev–Trinajstić information content (AvgIpc) is 2.29. The molecule has 0 fully saturated rings. The van der Waals surface area contributed by atoms with Crippen LogP contribution in [0.3, 0.4) is 0 Å². The number of carbonyl (C=O) groups excluding carboxylic acids is 1. The Balaban J connectivity index is 2.82. The zero-order chi connectivity index (χ0) is 13.6. The molecule has 0 saturated heterocycles. The lowest BCUT2D eigenvalue weighted by molar-refractivity contribution is 0.100. The largest absolute Gasteiger partial charge is 0.338 e. The predicted molar refractivity (Wildman–Crippen MR) is 66.5 cm³/mol. The molecule has 0 aliphatic rings. The van der Waals surface area contributed by atoms with Gasteiger partial charge in [-0.05, 0) is 26.0 Å². The summed E-state index contributed by atoms with van der Waals surface area (Å²) in [7, 11) is -3.43. The van der Waals surface area contributed by atoms with Gasteiger partial charge in [0.2, 0.25) is 0 Å². The van der Waals surface area contributed by atoms with Crippen molar-refractivity contribution in [1.29, 1.82) is 0 Å². The normalized spacial score (nSPS) is 11.5. The Labute approximate surface area is 106 Å². The van der Waals surface area contributed by atoms with Gasteiger partial charge in [0, 0.05) is 5.56 Å². The van der Waals surface area contributed by atoms with E-state index >= 15 is 0 Å². The molecule has 0 unspecified atom stereocenters. The highest BCUT2D eigenvalue weighted by Crippen LogP contribution is 2.48. The van der Waals surface area contributed by atoms with E-state index < -0.39 is 19.2 Å². The van der Waals surface area contributed by atoms with Crippen molar-refractivity contribution >= 4 is 13.4 Å². The van der Waals surface area contributed by atoms with Crippen molar-refractivity contribution in [2.75, 3.05) is 19.4 Å². The van der Waals surface area contributed by atoms with Crippen LogP contribution in [0, 0.1) is 5.82 Å². The Morgan fingerprint density at radius 1 is 1.28 bits per heavy atom. The molecule has 1 rings (SSSR count). The Morgan fingerprint density at radius 3 is 2.39 bits per heavy atom. The quantitative estimate of drug-likeness (QED) is 0.565. The molecule has 0 heterocycles. The van der Waals surface area contributed by atoms with Crippen molar-refractivity contribution in [3.63, 3.8) is 0 Å². The van der Waals surface area contributed by atoms with Gasteiger partial charge in [0.1, 0.15) is 12.0 Å². The molecule has 0 atom stereocenters. The van der Waals surface area contributed by atoms with Crippen LogP contribution >= 0.6 is 7.60 Å². The Hall–Kier alpha value is -1.03. The molecule has 6 heteroatoms. The summed E-state index contributed by atoms with van der Waals surface area (Å²) in [6.07, 6.45) is -0.377. The van der Waals surface area contributed by atoms with Crippen molar-refractivity contribution < 1.29 is 22.8 Å². The number of Topliss-reactive ketones (excluding diaryl/α,β-unsaturated/α-hetero) is 1. The van der Waals surface area contributed by atoms with Crippen LogP contribution < -0.4 is 0 Å². The van der Waals surface area contributed by atoms with Crippen molar-refractivity contribution in [3.8, 4) is 0 Å². The highest BCUT2D eigenvalue weighted by molar-refractivity contribution is 7.54. The lowest BCUT2D eigenvalue weighted by Crippen LogP contribution is -2.10. The zero-order valence-electron chi connectivity index (χ0n) is 10.4. The third kappa shape index (κ3) is 4.33. The molecule has 0 aliphatic heterocycles. The molecule has 0 radical (unpaired) electrons. The molecule has 100 valence electrons. The van der Waals surface area contributed by atoms with Crippen LogP contribution in [0.25, 0.3) is 0 Å². The van der Waals surface area contributed by atoms with Crippen LogP contribution in [-0.2, 0) is 13.6 Å². The summed E-state index contributed by atoms with van der Waals surface area (Å²) in [5.74, 6) is -0.969.